The van der Waals surface area contributed by atoms with Gasteiger partial charge in [0.25, 0.3) is 5.91 Å². The summed E-state index contributed by atoms with van der Waals surface area (Å²) in [5.41, 5.74) is 3.44. The van der Waals surface area contributed by atoms with Crippen LogP contribution in [0.4, 0.5) is 0 Å². The summed E-state index contributed by atoms with van der Waals surface area (Å²) in [7, 11) is 0. The number of nitrogens with one attached hydrogen (secondary N) is 1. The SMILES string of the molecule is CC(Cc1cn(-c2cccc(C(=O)NCCCCC(=O)O)c2)nn1)c1ccccc1. The molecule has 2 N–H and O–H groups in total. The van der Waals surface area contributed by atoms with Gasteiger partial charge in [0.15, 0.2) is 0 Å². The average molecular weight is 406 g/mol. The monoisotopic (exact) mass is 406 g/mol. The lowest BCUT2D eigenvalue weighted by Gasteiger charge is -2.09. The van der Waals surface area contributed by atoms with Crippen molar-refractivity contribution in [2.24, 2.45) is 0 Å². The number of amides is 1. The van der Waals surface area contributed by atoms with Gasteiger partial charge in [-0.25, -0.2) is 4.68 Å². The maximum absolute atomic E-state index is 12.4. The van der Waals surface area contributed by atoms with Crippen LogP contribution in [0.15, 0.2) is 60.8 Å². The first kappa shape index (κ1) is 21.2. The van der Waals surface area contributed by atoms with Gasteiger partial charge in [-0.05, 0) is 48.9 Å². The molecule has 0 fully saturated rings. The molecule has 156 valence electrons. The second-order valence-corrected chi connectivity index (χ2v) is 7.33. The molecule has 0 saturated carbocycles. The zero-order valence-electron chi connectivity index (χ0n) is 17.0. The van der Waals surface area contributed by atoms with Crippen LogP contribution in [0.25, 0.3) is 5.69 Å². The van der Waals surface area contributed by atoms with Gasteiger partial charge in [0.05, 0.1) is 17.6 Å². The molecule has 1 unspecified atom stereocenters. The second-order valence-electron chi connectivity index (χ2n) is 7.33. The van der Waals surface area contributed by atoms with Crippen molar-refractivity contribution in [2.75, 3.05) is 6.54 Å². The van der Waals surface area contributed by atoms with Gasteiger partial charge in [-0.15, -0.1) is 5.10 Å². The van der Waals surface area contributed by atoms with E-state index < -0.39 is 5.97 Å². The number of carboxylic acid groups (broad SMARTS) is 1. The normalized spacial score (nSPS) is 11.8. The van der Waals surface area contributed by atoms with Gasteiger partial charge < -0.3 is 10.4 Å². The van der Waals surface area contributed by atoms with Gasteiger partial charge in [0.2, 0.25) is 0 Å². The van der Waals surface area contributed by atoms with Crippen LogP contribution in [0, 0.1) is 0 Å². The first-order valence-electron chi connectivity index (χ1n) is 10.1. The Balaban J connectivity index is 1.59. The minimum Gasteiger partial charge on any atom is -0.481 e. The molecule has 1 heterocycles. The maximum Gasteiger partial charge on any atom is 0.303 e. The Kier molecular flexibility index (Phi) is 7.32. The summed E-state index contributed by atoms with van der Waals surface area (Å²) < 4.78 is 1.68. The van der Waals surface area contributed by atoms with Crippen molar-refractivity contribution in [1.82, 2.24) is 20.3 Å². The molecule has 7 heteroatoms. The summed E-state index contributed by atoms with van der Waals surface area (Å²) in [5.74, 6) is -0.681. The number of hydrogen-bond donors (Lipinski definition) is 2. The highest BCUT2D eigenvalue weighted by Crippen LogP contribution is 2.19. The Morgan fingerprint density at radius 3 is 2.67 bits per heavy atom. The summed E-state index contributed by atoms with van der Waals surface area (Å²) in [6, 6.07) is 17.5. The highest BCUT2D eigenvalue weighted by Gasteiger charge is 2.11. The fraction of sp³-hybridized carbons (Fsp3) is 0.304. The van der Waals surface area contributed by atoms with Crippen molar-refractivity contribution in [3.63, 3.8) is 0 Å². The van der Waals surface area contributed by atoms with Crippen LogP contribution in [0.5, 0.6) is 0 Å². The number of benzene rings is 2. The molecule has 1 aromatic heterocycles. The molecular weight excluding hydrogens is 380 g/mol. The van der Waals surface area contributed by atoms with Crippen molar-refractivity contribution in [1.29, 1.82) is 0 Å². The molecule has 0 spiro atoms. The second kappa shape index (κ2) is 10.3. The van der Waals surface area contributed by atoms with Crippen LogP contribution >= 0.6 is 0 Å². The van der Waals surface area contributed by atoms with E-state index in [1.165, 1.54) is 5.56 Å². The molecule has 0 saturated heterocycles. The third kappa shape index (κ3) is 6.01. The maximum atomic E-state index is 12.4. The van der Waals surface area contributed by atoms with Crippen LogP contribution in [-0.4, -0.2) is 38.5 Å². The highest BCUT2D eigenvalue weighted by molar-refractivity contribution is 5.94. The van der Waals surface area contributed by atoms with E-state index in [0.29, 0.717) is 30.9 Å². The molecule has 0 bridgehead atoms. The van der Waals surface area contributed by atoms with Gasteiger partial charge in [0.1, 0.15) is 0 Å². The van der Waals surface area contributed by atoms with E-state index in [9.17, 15) is 9.59 Å². The van der Waals surface area contributed by atoms with E-state index in [4.69, 9.17) is 5.11 Å². The lowest BCUT2D eigenvalue weighted by Crippen LogP contribution is -2.24. The molecule has 3 rings (SSSR count). The molecule has 0 aliphatic carbocycles. The predicted octanol–water partition coefficient (Wildman–Crippen LogP) is 3.60. The molecule has 3 aromatic rings. The Morgan fingerprint density at radius 1 is 1.10 bits per heavy atom. The fourth-order valence-corrected chi connectivity index (χ4v) is 3.23. The number of carbonyl (C=O) groups is 2. The van der Waals surface area contributed by atoms with Crippen molar-refractivity contribution in [3.05, 3.63) is 77.6 Å². The zero-order valence-corrected chi connectivity index (χ0v) is 17.0. The van der Waals surface area contributed by atoms with Crippen molar-refractivity contribution in [2.45, 2.75) is 38.5 Å². The van der Waals surface area contributed by atoms with Gasteiger partial charge in [-0.3, -0.25) is 9.59 Å². The molecule has 0 aliphatic rings. The smallest absolute Gasteiger partial charge is 0.303 e. The van der Waals surface area contributed by atoms with E-state index in [2.05, 4.69) is 34.7 Å². The number of carbonyl (C=O) groups excluding carboxylic acids is 1. The van der Waals surface area contributed by atoms with Crippen molar-refractivity contribution < 1.29 is 14.7 Å². The predicted molar refractivity (Wildman–Crippen MR) is 114 cm³/mol. The summed E-state index contributed by atoms with van der Waals surface area (Å²) in [6.07, 6.45) is 3.95. The Bertz CT molecular complexity index is 985. The molecule has 30 heavy (non-hydrogen) atoms. The standard InChI is InChI=1S/C23H26N4O3/c1-17(18-8-3-2-4-9-18)14-20-16-27(26-25-20)21-11-7-10-19(15-21)23(30)24-13-6-5-12-22(28)29/h2-4,7-11,15-17H,5-6,12-14H2,1H3,(H,24,30)(H,28,29). The number of aromatic nitrogens is 3. The summed E-state index contributed by atoms with van der Waals surface area (Å²) in [5, 5.41) is 20.0. The third-order valence-corrected chi connectivity index (χ3v) is 4.90. The van der Waals surface area contributed by atoms with Crippen LogP contribution in [-0.2, 0) is 11.2 Å². The average Bonchev–Trinajstić information content (AvgIpc) is 3.22. The number of aliphatic carboxylic acids is 1. The first-order chi connectivity index (χ1) is 14.5. The van der Waals surface area contributed by atoms with Crippen LogP contribution in [0.1, 0.15) is 53.7 Å². The minimum absolute atomic E-state index is 0.114. The van der Waals surface area contributed by atoms with E-state index in [-0.39, 0.29) is 12.3 Å². The summed E-state index contributed by atoms with van der Waals surface area (Å²) in [6.45, 7) is 2.61. The van der Waals surface area contributed by atoms with Crippen LogP contribution in [0.3, 0.4) is 0 Å². The van der Waals surface area contributed by atoms with Gasteiger partial charge in [0, 0.05) is 18.5 Å². The number of carboxylic acids is 1. The largest absolute Gasteiger partial charge is 0.481 e. The number of rotatable bonds is 10. The molecule has 1 atom stereocenters. The Labute approximate surface area is 175 Å². The molecule has 7 nitrogen and oxygen atoms in total. The lowest BCUT2D eigenvalue weighted by atomic mass is 9.97. The zero-order chi connectivity index (χ0) is 21.3. The van der Waals surface area contributed by atoms with Crippen LogP contribution in [0.2, 0.25) is 0 Å². The van der Waals surface area contributed by atoms with E-state index in [1.807, 2.05) is 36.5 Å². The van der Waals surface area contributed by atoms with E-state index in [0.717, 1.165) is 17.8 Å². The number of hydrogen-bond acceptors (Lipinski definition) is 4. The van der Waals surface area contributed by atoms with Crippen molar-refractivity contribution in [3.8, 4) is 5.69 Å². The number of nitrogens with zero attached hydrogens (tertiary/aromatic N) is 3. The molecule has 0 aliphatic heterocycles. The minimum atomic E-state index is -0.820. The summed E-state index contributed by atoms with van der Waals surface area (Å²) in [4.78, 5) is 22.9. The first-order valence-corrected chi connectivity index (χ1v) is 10.1. The van der Waals surface area contributed by atoms with Gasteiger partial charge in [-0.1, -0.05) is 48.5 Å². The Morgan fingerprint density at radius 2 is 1.90 bits per heavy atom. The quantitative estimate of drug-likeness (QED) is 0.502. The molecular formula is C23H26N4O3. The van der Waals surface area contributed by atoms with Crippen LogP contribution < -0.4 is 5.32 Å². The van der Waals surface area contributed by atoms with Gasteiger partial charge >= 0.3 is 5.97 Å². The van der Waals surface area contributed by atoms with Crippen molar-refractivity contribution >= 4 is 11.9 Å². The molecule has 0 radical (unpaired) electrons. The highest BCUT2D eigenvalue weighted by atomic mass is 16.4. The number of unbranched alkanes of at least 4 members (excludes halogenated alkanes) is 1. The fourth-order valence-electron chi connectivity index (χ4n) is 3.23. The third-order valence-electron chi connectivity index (χ3n) is 4.90. The molecule has 2 aromatic carbocycles. The van der Waals surface area contributed by atoms with Gasteiger partial charge in [-0.2, -0.15) is 0 Å². The topological polar surface area (TPSA) is 97.1 Å². The van der Waals surface area contributed by atoms with E-state index >= 15 is 0 Å². The van der Waals surface area contributed by atoms with E-state index in [1.54, 1.807) is 16.8 Å². The lowest BCUT2D eigenvalue weighted by molar-refractivity contribution is -0.137. The summed E-state index contributed by atoms with van der Waals surface area (Å²) >= 11 is 0. The molecule has 1 amide bonds. The Hall–Kier alpha value is -3.48.